The van der Waals surface area contributed by atoms with Crippen LogP contribution in [0.3, 0.4) is 0 Å². The van der Waals surface area contributed by atoms with Gasteiger partial charge < -0.3 is 19.5 Å². The Labute approximate surface area is 236 Å². The first-order valence-electron chi connectivity index (χ1n) is 13.5. The van der Waals surface area contributed by atoms with Crippen LogP contribution < -0.4 is 4.74 Å². The predicted octanol–water partition coefficient (Wildman–Crippen LogP) is 7.00. The minimum Gasteiger partial charge on any atom is -0.496 e. The number of ether oxygens (including phenoxy) is 2. The van der Waals surface area contributed by atoms with Gasteiger partial charge in [-0.2, -0.15) is 0 Å². The smallest absolute Gasteiger partial charge is 0.410 e. The summed E-state index contributed by atoms with van der Waals surface area (Å²) in [5.41, 5.74) is 1.38. The second-order valence-electron chi connectivity index (χ2n) is 11.6. The number of aliphatic hydroxyl groups is 1. The molecule has 1 N–H and O–H groups in total. The molecule has 2 aromatic rings. The minimum absolute atomic E-state index is 0.188. The van der Waals surface area contributed by atoms with E-state index in [-0.39, 0.29) is 12.0 Å². The van der Waals surface area contributed by atoms with Gasteiger partial charge in [0, 0.05) is 54.3 Å². The van der Waals surface area contributed by atoms with Crippen LogP contribution in [0, 0.1) is 0 Å². The number of carbonyl (C=O) groups excluding carboxylic acids is 1. The summed E-state index contributed by atoms with van der Waals surface area (Å²) < 4.78 is 11.3. The molecule has 8 heteroatoms. The summed E-state index contributed by atoms with van der Waals surface area (Å²) in [6.07, 6.45) is 4.33. The topological polar surface area (TPSA) is 62.2 Å². The van der Waals surface area contributed by atoms with Crippen LogP contribution in [0.15, 0.2) is 36.4 Å². The van der Waals surface area contributed by atoms with Crippen molar-refractivity contribution in [3.63, 3.8) is 0 Å². The lowest BCUT2D eigenvalue weighted by molar-refractivity contribution is -0.0356. The number of benzene rings is 2. The lowest BCUT2D eigenvalue weighted by atomic mass is 9.72. The van der Waals surface area contributed by atoms with Crippen molar-refractivity contribution in [1.29, 1.82) is 0 Å². The van der Waals surface area contributed by atoms with E-state index in [2.05, 4.69) is 11.0 Å². The molecule has 0 bridgehead atoms. The standard InChI is InChI=1S/C30H40Cl2N2O4/c1-29(2,3)38-28(35)34-15-13-33(14-16-34)20-25(30(36)11-6-5-7-12-30)24-18-23(27(37-4)19-26(24)32)21-9-8-10-22(31)17-21/h8-10,17-19,25,36H,5-7,11-16,20H2,1-4H3. The molecule has 1 amide bonds. The van der Waals surface area contributed by atoms with Crippen LogP contribution in [0.5, 0.6) is 5.75 Å². The Morgan fingerprint density at radius 2 is 1.74 bits per heavy atom. The second kappa shape index (κ2) is 12.0. The van der Waals surface area contributed by atoms with Gasteiger partial charge >= 0.3 is 6.09 Å². The lowest BCUT2D eigenvalue weighted by Crippen LogP contribution is -2.52. The molecule has 1 saturated carbocycles. The first-order chi connectivity index (χ1) is 18.0. The average Bonchev–Trinajstić information content (AvgIpc) is 2.87. The molecule has 2 fully saturated rings. The fourth-order valence-corrected chi connectivity index (χ4v) is 6.13. The highest BCUT2D eigenvalue weighted by molar-refractivity contribution is 6.32. The molecular weight excluding hydrogens is 523 g/mol. The lowest BCUT2D eigenvalue weighted by Gasteiger charge is -2.44. The number of carbonyl (C=O) groups is 1. The monoisotopic (exact) mass is 562 g/mol. The first-order valence-corrected chi connectivity index (χ1v) is 14.3. The van der Waals surface area contributed by atoms with Gasteiger partial charge in [0.05, 0.1) is 12.7 Å². The Hall–Kier alpha value is -1.99. The highest BCUT2D eigenvalue weighted by Gasteiger charge is 2.41. The van der Waals surface area contributed by atoms with Gasteiger partial charge in [0.1, 0.15) is 11.4 Å². The van der Waals surface area contributed by atoms with E-state index in [1.165, 1.54) is 0 Å². The normalized spacial score (nSPS) is 19.2. The van der Waals surface area contributed by atoms with E-state index in [4.69, 9.17) is 32.7 Å². The molecule has 208 valence electrons. The van der Waals surface area contributed by atoms with Crippen molar-refractivity contribution in [3.05, 3.63) is 52.0 Å². The maximum Gasteiger partial charge on any atom is 0.410 e. The van der Waals surface area contributed by atoms with Crippen LogP contribution in [0.1, 0.15) is 64.4 Å². The number of amides is 1. The first kappa shape index (κ1) is 29.0. The predicted molar refractivity (Wildman–Crippen MR) is 153 cm³/mol. The van der Waals surface area contributed by atoms with Gasteiger partial charge in [-0.15, -0.1) is 0 Å². The van der Waals surface area contributed by atoms with Crippen molar-refractivity contribution < 1.29 is 19.4 Å². The van der Waals surface area contributed by atoms with Gasteiger partial charge in [0.2, 0.25) is 0 Å². The molecule has 1 unspecified atom stereocenters. The van der Waals surface area contributed by atoms with E-state index in [1.54, 1.807) is 12.0 Å². The van der Waals surface area contributed by atoms with Crippen molar-refractivity contribution in [2.75, 3.05) is 39.8 Å². The molecule has 1 heterocycles. The number of hydrogen-bond acceptors (Lipinski definition) is 5. The van der Waals surface area contributed by atoms with Gasteiger partial charge in [-0.1, -0.05) is 54.6 Å². The SMILES string of the molecule is COc1cc(Cl)c(C(CN2CCN(C(=O)OC(C)(C)C)CC2)C2(O)CCCCC2)cc1-c1cccc(Cl)c1. The van der Waals surface area contributed by atoms with Crippen molar-refractivity contribution in [1.82, 2.24) is 9.80 Å². The Kier molecular flexibility index (Phi) is 9.18. The van der Waals surface area contributed by atoms with E-state index >= 15 is 0 Å². The summed E-state index contributed by atoms with van der Waals surface area (Å²) >= 11 is 13.2. The van der Waals surface area contributed by atoms with E-state index in [9.17, 15) is 9.90 Å². The zero-order chi connectivity index (χ0) is 27.5. The fourth-order valence-electron chi connectivity index (χ4n) is 5.66. The number of methoxy groups -OCH3 is 1. The zero-order valence-corrected chi connectivity index (χ0v) is 24.4. The summed E-state index contributed by atoms with van der Waals surface area (Å²) in [7, 11) is 1.63. The van der Waals surface area contributed by atoms with Crippen molar-refractivity contribution in [3.8, 4) is 16.9 Å². The Morgan fingerprint density at radius 3 is 2.34 bits per heavy atom. The molecule has 1 saturated heterocycles. The molecule has 38 heavy (non-hydrogen) atoms. The van der Waals surface area contributed by atoms with Gasteiger partial charge in [-0.05, 0) is 69.0 Å². The van der Waals surface area contributed by atoms with Crippen LogP contribution in [-0.2, 0) is 4.74 Å². The second-order valence-corrected chi connectivity index (χ2v) is 12.4. The van der Waals surface area contributed by atoms with E-state index < -0.39 is 11.2 Å². The average molecular weight is 564 g/mol. The summed E-state index contributed by atoms with van der Waals surface area (Å²) in [6, 6.07) is 11.6. The summed E-state index contributed by atoms with van der Waals surface area (Å²) in [5.74, 6) is 0.480. The Bertz CT molecular complexity index is 1120. The van der Waals surface area contributed by atoms with Gasteiger partial charge in [0.25, 0.3) is 0 Å². The zero-order valence-electron chi connectivity index (χ0n) is 22.9. The molecule has 1 aliphatic carbocycles. The molecule has 0 aromatic heterocycles. The fraction of sp³-hybridized carbons (Fsp3) is 0.567. The van der Waals surface area contributed by atoms with Crippen LogP contribution in [0.2, 0.25) is 10.0 Å². The third-order valence-electron chi connectivity index (χ3n) is 7.66. The molecule has 0 spiro atoms. The van der Waals surface area contributed by atoms with E-state index in [0.29, 0.717) is 48.5 Å². The summed E-state index contributed by atoms with van der Waals surface area (Å²) in [4.78, 5) is 16.7. The van der Waals surface area contributed by atoms with Crippen LogP contribution in [0.4, 0.5) is 4.79 Å². The largest absolute Gasteiger partial charge is 0.496 e. The summed E-state index contributed by atoms with van der Waals surface area (Å²) in [6.45, 7) is 8.89. The number of rotatable bonds is 6. The summed E-state index contributed by atoms with van der Waals surface area (Å²) in [5, 5.41) is 13.2. The molecule has 1 atom stereocenters. The van der Waals surface area contributed by atoms with Gasteiger partial charge in [-0.3, -0.25) is 4.90 Å². The van der Waals surface area contributed by atoms with Crippen LogP contribution >= 0.6 is 23.2 Å². The van der Waals surface area contributed by atoms with Gasteiger partial charge in [-0.25, -0.2) is 4.79 Å². The third-order valence-corrected chi connectivity index (χ3v) is 8.23. The molecule has 0 radical (unpaired) electrons. The van der Waals surface area contributed by atoms with Gasteiger partial charge in [0.15, 0.2) is 0 Å². The maximum absolute atomic E-state index is 12.6. The number of hydrogen-bond donors (Lipinski definition) is 1. The molecule has 2 aromatic carbocycles. The molecule has 6 nitrogen and oxygen atoms in total. The van der Waals surface area contributed by atoms with E-state index in [0.717, 1.165) is 48.8 Å². The molecule has 4 rings (SSSR count). The molecule has 2 aliphatic rings. The van der Waals surface area contributed by atoms with Crippen molar-refractivity contribution in [2.45, 2.75) is 70.0 Å². The van der Waals surface area contributed by atoms with Crippen molar-refractivity contribution >= 4 is 29.3 Å². The molecular formula is C30H40Cl2N2O4. The third kappa shape index (κ3) is 6.95. The number of halogens is 2. The van der Waals surface area contributed by atoms with Crippen LogP contribution in [0.25, 0.3) is 11.1 Å². The van der Waals surface area contributed by atoms with Crippen LogP contribution in [-0.4, -0.2) is 72.0 Å². The maximum atomic E-state index is 12.6. The highest BCUT2D eigenvalue weighted by atomic mass is 35.5. The Balaban J connectivity index is 1.63. The van der Waals surface area contributed by atoms with Crippen molar-refractivity contribution in [2.24, 2.45) is 0 Å². The minimum atomic E-state index is -0.857. The highest BCUT2D eigenvalue weighted by Crippen LogP contribution is 2.46. The number of piperazine rings is 1. The Morgan fingerprint density at radius 1 is 1.05 bits per heavy atom. The molecule has 1 aliphatic heterocycles. The quantitative estimate of drug-likeness (QED) is 0.410. The van der Waals surface area contributed by atoms with E-state index in [1.807, 2.05) is 51.1 Å². The number of nitrogens with zero attached hydrogens (tertiary/aromatic N) is 2.